The van der Waals surface area contributed by atoms with E-state index < -0.39 is 0 Å². The average Bonchev–Trinajstić information content (AvgIpc) is 2.72. The predicted molar refractivity (Wildman–Crippen MR) is 103 cm³/mol. The lowest BCUT2D eigenvalue weighted by atomic mass is 10.0. The summed E-state index contributed by atoms with van der Waals surface area (Å²) in [5.41, 5.74) is 2.66. The number of hydrogen-bond donors (Lipinski definition) is 0. The molecular formula is C22H21NO4. The molecule has 1 aromatic rings. The second-order valence-corrected chi connectivity index (χ2v) is 6.03. The molecule has 0 atom stereocenters. The molecule has 0 bridgehead atoms. The monoisotopic (exact) mass is 363 g/mol. The van der Waals surface area contributed by atoms with E-state index >= 15 is 0 Å². The van der Waals surface area contributed by atoms with Gasteiger partial charge in [-0.05, 0) is 30.5 Å². The van der Waals surface area contributed by atoms with Crippen molar-refractivity contribution in [2.24, 2.45) is 0 Å². The van der Waals surface area contributed by atoms with Crippen LogP contribution in [-0.4, -0.2) is 14.2 Å². The zero-order valence-electron chi connectivity index (χ0n) is 15.4. The van der Waals surface area contributed by atoms with Gasteiger partial charge in [0.1, 0.15) is 18.3 Å². The third kappa shape index (κ3) is 4.42. The maximum Gasteiger partial charge on any atom is 0.170 e. The second-order valence-electron chi connectivity index (χ2n) is 6.03. The van der Waals surface area contributed by atoms with Gasteiger partial charge in [0.25, 0.3) is 0 Å². The summed E-state index contributed by atoms with van der Waals surface area (Å²) in [6, 6.07) is 7.52. The first-order valence-electron chi connectivity index (χ1n) is 8.64. The molecule has 5 nitrogen and oxygen atoms in total. The largest absolute Gasteiger partial charge is 0.493 e. The van der Waals surface area contributed by atoms with E-state index in [2.05, 4.69) is 24.3 Å². The number of rotatable bonds is 6. The van der Waals surface area contributed by atoms with E-state index in [1.165, 1.54) is 17.9 Å². The fourth-order valence-corrected chi connectivity index (χ4v) is 2.95. The first kappa shape index (κ1) is 18.4. The van der Waals surface area contributed by atoms with Crippen molar-refractivity contribution in [2.75, 3.05) is 14.2 Å². The van der Waals surface area contributed by atoms with E-state index in [1.807, 2.05) is 6.07 Å². The fourth-order valence-electron chi connectivity index (χ4n) is 2.95. The first-order chi connectivity index (χ1) is 13.2. The zero-order chi connectivity index (χ0) is 19.1. The molecule has 1 aliphatic carbocycles. The van der Waals surface area contributed by atoms with Gasteiger partial charge >= 0.3 is 0 Å². The summed E-state index contributed by atoms with van der Waals surface area (Å²) in [6.07, 6.45) is 13.6. The summed E-state index contributed by atoms with van der Waals surface area (Å²) in [5.74, 6) is 2.38. The normalized spacial score (nSPS) is 16.2. The fraction of sp³-hybridized carbons (Fsp3) is 0.227. The Kier molecular flexibility index (Phi) is 6.01. The van der Waals surface area contributed by atoms with Crippen molar-refractivity contribution in [1.29, 1.82) is 5.26 Å². The van der Waals surface area contributed by atoms with Gasteiger partial charge in [0.15, 0.2) is 17.3 Å². The second kappa shape index (κ2) is 8.81. The topological polar surface area (TPSA) is 60.7 Å². The van der Waals surface area contributed by atoms with Crippen molar-refractivity contribution >= 4 is 5.57 Å². The SMILES string of the molecule is COc1ccc(C(=CC#N)C2=COC=C(CC3=CC=CCC3)O2)cc1OC. The first-order valence-corrected chi connectivity index (χ1v) is 8.64. The van der Waals surface area contributed by atoms with Crippen LogP contribution >= 0.6 is 0 Å². The number of ether oxygens (including phenoxy) is 4. The van der Waals surface area contributed by atoms with Crippen molar-refractivity contribution in [1.82, 2.24) is 0 Å². The van der Waals surface area contributed by atoms with Gasteiger partial charge < -0.3 is 18.9 Å². The lowest BCUT2D eigenvalue weighted by molar-refractivity contribution is 0.231. The maximum absolute atomic E-state index is 9.25. The smallest absolute Gasteiger partial charge is 0.170 e. The van der Waals surface area contributed by atoms with E-state index in [4.69, 9.17) is 18.9 Å². The van der Waals surface area contributed by atoms with E-state index in [1.54, 1.807) is 32.6 Å². The number of benzene rings is 1. The molecular weight excluding hydrogens is 342 g/mol. The Morgan fingerprint density at radius 1 is 1.22 bits per heavy atom. The van der Waals surface area contributed by atoms with Crippen LogP contribution in [0.1, 0.15) is 24.8 Å². The molecule has 0 saturated heterocycles. The Morgan fingerprint density at radius 3 is 2.78 bits per heavy atom. The van der Waals surface area contributed by atoms with E-state index in [0.717, 1.165) is 18.4 Å². The Hall–Kier alpha value is -3.39. The Balaban J connectivity index is 1.83. The molecule has 0 radical (unpaired) electrons. The molecule has 0 N–H and O–H groups in total. The van der Waals surface area contributed by atoms with Crippen LogP contribution in [-0.2, 0) is 9.47 Å². The third-order valence-electron chi connectivity index (χ3n) is 4.29. The molecule has 27 heavy (non-hydrogen) atoms. The van der Waals surface area contributed by atoms with Gasteiger partial charge in [-0.3, -0.25) is 0 Å². The Labute approximate surface area is 159 Å². The van der Waals surface area contributed by atoms with Crippen LogP contribution in [0.4, 0.5) is 0 Å². The molecule has 0 fully saturated rings. The van der Waals surface area contributed by atoms with Crippen molar-refractivity contribution in [3.8, 4) is 17.6 Å². The van der Waals surface area contributed by atoms with Crippen molar-refractivity contribution in [2.45, 2.75) is 19.3 Å². The summed E-state index contributed by atoms with van der Waals surface area (Å²) in [6.45, 7) is 0. The van der Waals surface area contributed by atoms with Gasteiger partial charge in [-0.1, -0.05) is 29.9 Å². The van der Waals surface area contributed by atoms with Gasteiger partial charge in [-0.15, -0.1) is 0 Å². The third-order valence-corrected chi connectivity index (χ3v) is 4.29. The van der Waals surface area contributed by atoms with Gasteiger partial charge in [0.05, 0.1) is 20.3 Å². The molecule has 138 valence electrons. The Morgan fingerprint density at radius 2 is 2.07 bits per heavy atom. The summed E-state index contributed by atoms with van der Waals surface area (Å²) in [4.78, 5) is 0. The molecule has 0 unspecified atom stereocenters. The number of nitrogens with zero attached hydrogens (tertiary/aromatic N) is 1. The molecule has 1 aromatic carbocycles. The Bertz CT molecular complexity index is 897. The highest BCUT2D eigenvalue weighted by molar-refractivity contribution is 5.80. The lowest BCUT2D eigenvalue weighted by Gasteiger charge is -2.20. The average molecular weight is 363 g/mol. The van der Waals surface area contributed by atoms with Crippen molar-refractivity contribution < 1.29 is 18.9 Å². The van der Waals surface area contributed by atoms with Crippen LogP contribution in [0, 0.1) is 11.3 Å². The van der Waals surface area contributed by atoms with Crippen LogP contribution in [0.25, 0.3) is 5.57 Å². The lowest BCUT2D eigenvalue weighted by Crippen LogP contribution is -2.04. The van der Waals surface area contributed by atoms with Crippen molar-refractivity contribution in [3.05, 3.63) is 77.7 Å². The van der Waals surface area contributed by atoms with Gasteiger partial charge in [-0.2, -0.15) is 5.26 Å². The van der Waals surface area contributed by atoms with Gasteiger partial charge in [0.2, 0.25) is 0 Å². The van der Waals surface area contributed by atoms with Crippen LogP contribution < -0.4 is 9.47 Å². The highest BCUT2D eigenvalue weighted by Crippen LogP contribution is 2.35. The van der Waals surface area contributed by atoms with Crippen LogP contribution in [0.5, 0.6) is 11.5 Å². The minimum Gasteiger partial charge on any atom is -0.493 e. The number of nitriles is 1. The van der Waals surface area contributed by atoms with Crippen LogP contribution in [0.15, 0.2) is 72.1 Å². The molecule has 2 aliphatic rings. The summed E-state index contributed by atoms with van der Waals surface area (Å²) in [5, 5.41) is 9.25. The van der Waals surface area contributed by atoms with Crippen LogP contribution in [0.3, 0.4) is 0 Å². The van der Waals surface area contributed by atoms with E-state index in [0.29, 0.717) is 35.0 Å². The molecule has 1 heterocycles. The number of hydrogen-bond acceptors (Lipinski definition) is 5. The standard InChI is InChI=1S/C22H21NO4/c1-24-20-9-8-17(13-21(20)25-2)19(10-11-23)22-15-26-14-18(27-22)12-16-6-4-3-5-7-16/h3-4,6,8-10,13-15H,5,7,12H2,1-2H3. The molecule has 0 amide bonds. The molecule has 0 saturated carbocycles. The molecule has 0 spiro atoms. The van der Waals surface area contributed by atoms with Crippen molar-refractivity contribution in [3.63, 3.8) is 0 Å². The highest BCUT2D eigenvalue weighted by Gasteiger charge is 2.19. The van der Waals surface area contributed by atoms with E-state index in [9.17, 15) is 5.26 Å². The maximum atomic E-state index is 9.25. The predicted octanol–water partition coefficient (Wildman–Crippen LogP) is 5.01. The summed E-state index contributed by atoms with van der Waals surface area (Å²) in [7, 11) is 3.15. The highest BCUT2D eigenvalue weighted by atomic mass is 16.5. The quantitative estimate of drug-likeness (QED) is 0.665. The zero-order valence-corrected chi connectivity index (χ0v) is 15.4. The molecule has 1 aliphatic heterocycles. The number of allylic oxidation sites excluding steroid dienone is 6. The minimum absolute atomic E-state index is 0.480. The number of methoxy groups -OCH3 is 2. The summed E-state index contributed by atoms with van der Waals surface area (Å²) < 4.78 is 22.2. The van der Waals surface area contributed by atoms with E-state index in [-0.39, 0.29) is 0 Å². The molecule has 3 rings (SSSR count). The molecule has 0 aromatic heterocycles. The van der Waals surface area contributed by atoms with Crippen LogP contribution in [0.2, 0.25) is 0 Å². The van der Waals surface area contributed by atoms with Gasteiger partial charge in [0, 0.05) is 18.1 Å². The summed E-state index contributed by atoms with van der Waals surface area (Å²) >= 11 is 0. The van der Waals surface area contributed by atoms with Gasteiger partial charge in [-0.25, -0.2) is 0 Å². The minimum atomic E-state index is 0.480. The molecule has 5 heteroatoms.